The van der Waals surface area contributed by atoms with Gasteiger partial charge < -0.3 is 4.90 Å². The summed E-state index contributed by atoms with van der Waals surface area (Å²) >= 11 is 0. The fourth-order valence-electron chi connectivity index (χ4n) is 3.91. The number of aromatic nitrogens is 2. The molecule has 0 radical (unpaired) electrons. The van der Waals surface area contributed by atoms with Gasteiger partial charge in [0.2, 0.25) is 0 Å². The highest BCUT2D eigenvalue weighted by molar-refractivity contribution is 6.05. The normalized spacial score (nSPS) is 18.3. The van der Waals surface area contributed by atoms with Gasteiger partial charge in [-0.05, 0) is 6.07 Å². The van der Waals surface area contributed by atoms with Crippen molar-refractivity contribution in [1.29, 1.82) is 0 Å². The first kappa shape index (κ1) is 16.9. The van der Waals surface area contributed by atoms with Gasteiger partial charge in [-0.3, -0.25) is 9.48 Å². The van der Waals surface area contributed by atoms with Crippen LogP contribution in [0.3, 0.4) is 0 Å². The van der Waals surface area contributed by atoms with Gasteiger partial charge in [0.15, 0.2) is 17.3 Å². The van der Waals surface area contributed by atoms with E-state index >= 15 is 0 Å². The number of carbonyl (C=O) groups is 1. The third-order valence-electron chi connectivity index (χ3n) is 5.49. The molecule has 1 fully saturated rings. The molecule has 1 spiro atoms. The minimum Gasteiger partial charge on any atom is -0.337 e. The number of fused-ring (bicyclic) bond motifs is 1. The van der Waals surface area contributed by atoms with E-state index < -0.39 is 5.72 Å². The number of rotatable bonds is 2. The lowest BCUT2D eigenvalue weighted by Crippen LogP contribution is -2.46. The number of nitrogens with zero attached hydrogens (tertiary/aromatic N) is 4. The summed E-state index contributed by atoms with van der Waals surface area (Å²) in [6, 6.07) is 17.7. The fraction of sp³-hybridized carbons (Fsp3) is 0.286. The average Bonchev–Trinajstić information content (AvgIpc) is 3.31. The zero-order valence-electron chi connectivity index (χ0n) is 15.6. The monoisotopic (exact) mass is 375 g/mol. The van der Waals surface area contributed by atoms with E-state index in [1.54, 1.807) is 4.68 Å². The van der Waals surface area contributed by atoms with Crippen LogP contribution >= 0.6 is 0 Å². The largest absolute Gasteiger partial charge is 0.337 e. The summed E-state index contributed by atoms with van der Waals surface area (Å²) in [7, 11) is 1.86. The Labute approximate surface area is 162 Å². The minimum absolute atomic E-state index is 0.0372. The first-order valence-electron chi connectivity index (χ1n) is 9.46. The summed E-state index contributed by atoms with van der Waals surface area (Å²) < 4.78 is 1.76. The van der Waals surface area contributed by atoms with E-state index in [2.05, 4.69) is 10.6 Å². The van der Waals surface area contributed by atoms with Crippen molar-refractivity contribution in [2.24, 2.45) is 12.0 Å². The number of hydrogen-bond acceptors (Lipinski definition) is 5. The number of amides is 1. The Morgan fingerprint density at radius 3 is 2.57 bits per heavy atom. The number of amidine groups is 1. The molecule has 2 aliphatic heterocycles. The zero-order chi connectivity index (χ0) is 19.1. The van der Waals surface area contributed by atoms with Gasteiger partial charge in [0.1, 0.15) is 0 Å². The quantitative estimate of drug-likeness (QED) is 0.747. The molecule has 7 heteroatoms. The van der Waals surface area contributed by atoms with Crippen molar-refractivity contribution in [3.05, 3.63) is 65.9 Å². The molecule has 0 saturated carbocycles. The van der Waals surface area contributed by atoms with E-state index in [0.717, 1.165) is 22.3 Å². The molecule has 2 aliphatic rings. The maximum atomic E-state index is 13.1. The van der Waals surface area contributed by atoms with Crippen molar-refractivity contribution in [2.75, 3.05) is 13.1 Å². The van der Waals surface area contributed by atoms with Crippen molar-refractivity contribution in [1.82, 2.24) is 20.2 Å². The lowest BCUT2D eigenvalue weighted by molar-refractivity contribution is -0.0849. The fourth-order valence-corrected chi connectivity index (χ4v) is 3.91. The lowest BCUT2D eigenvalue weighted by Gasteiger charge is -2.35. The molecule has 0 unspecified atom stereocenters. The van der Waals surface area contributed by atoms with Gasteiger partial charge in [-0.25, -0.2) is 15.3 Å². The number of nitrogens with one attached hydrogen (secondary N) is 1. The number of hydrogen-bond donors (Lipinski definition) is 1. The highest BCUT2D eigenvalue weighted by atomic mass is 16.7. The molecule has 1 amide bonds. The number of piperidine rings is 1. The maximum absolute atomic E-state index is 13.1. The summed E-state index contributed by atoms with van der Waals surface area (Å²) in [6.07, 6.45) is 1.29. The first-order chi connectivity index (χ1) is 13.7. The van der Waals surface area contributed by atoms with E-state index in [9.17, 15) is 4.79 Å². The van der Waals surface area contributed by atoms with Gasteiger partial charge in [0.25, 0.3) is 5.91 Å². The number of aliphatic imine (C=N–C) groups is 1. The second-order valence-electron chi connectivity index (χ2n) is 7.26. The molecule has 3 aromatic rings. The van der Waals surface area contributed by atoms with E-state index in [4.69, 9.17) is 9.83 Å². The molecular formula is C21H21N5O2. The Balaban J connectivity index is 1.33. The summed E-state index contributed by atoms with van der Waals surface area (Å²) in [5.74, 6) is 0.709. The second-order valence-corrected chi connectivity index (χ2v) is 7.26. The highest BCUT2D eigenvalue weighted by Crippen LogP contribution is 2.32. The van der Waals surface area contributed by atoms with Gasteiger partial charge in [-0.1, -0.05) is 48.5 Å². The van der Waals surface area contributed by atoms with Crippen LogP contribution in [0.2, 0.25) is 0 Å². The molecule has 5 rings (SSSR count). The van der Waals surface area contributed by atoms with Crippen molar-refractivity contribution in [3.63, 3.8) is 0 Å². The van der Waals surface area contributed by atoms with Gasteiger partial charge >= 0.3 is 0 Å². The molecule has 1 N–H and O–H groups in total. The number of hydroxylamine groups is 1. The van der Waals surface area contributed by atoms with E-state index in [0.29, 0.717) is 31.6 Å². The predicted molar refractivity (Wildman–Crippen MR) is 106 cm³/mol. The summed E-state index contributed by atoms with van der Waals surface area (Å²) in [6.45, 7) is 1.16. The molecule has 2 aromatic carbocycles. The van der Waals surface area contributed by atoms with Crippen LogP contribution in [0.1, 0.15) is 28.9 Å². The summed E-state index contributed by atoms with van der Waals surface area (Å²) in [4.78, 5) is 25.6. The Morgan fingerprint density at radius 2 is 1.79 bits per heavy atom. The smallest absolute Gasteiger partial charge is 0.275 e. The minimum atomic E-state index is -0.603. The van der Waals surface area contributed by atoms with Gasteiger partial charge in [-0.2, -0.15) is 5.10 Å². The third kappa shape index (κ3) is 2.75. The van der Waals surface area contributed by atoms with Crippen LogP contribution in [-0.2, 0) is 11.9 Å². The molecular weight excluding hydrogens is 354 g/mol. The predicted octanol–water partition coefficient (Wildman–Crippen LogP) is 2.49. The number of benzene rings is 2. The van der Waals surface area contributed by atoms with Crippen molar-refractivity contribution in [2.45, 2.75) is 18.6 Å². The van der Waals surface area contributed by atoms with E-state index in [1.165, 1.54) is 0 Å². The average molecular weight is 375 g/mol. The molecule has 0 atom stereocenters. The molecule has 1 saturated heterocycles. The Morgan fingerprint density at radius 1 is 1.07 bits per heavy atom. The topological polar surface area (TPSA) is 71.8 Å². The van der Waals surface area contributed by atoms with E-state index in [1.807, 2.05) is 66.5 Å². The maximum Gasteiger partial charge on any atom is 0.275 e. The van der Waals surface area contributed by atoms with Crippen LogP contribution in [0.4, 0.5) is 0 Å². The number of para-hydroxylation sites is 1. The van der Waals surface area contributed by atoms with Gasteiger partial charge in [-0.15, -0.1) is 0 Å². The van der Waals surface area contributed by atoms with Crippen LogP contribution in [0.15, 0.2) is 59.6 Å². The van der Waals surface area contributed by atoms with Crippen LogP contribution in [0.25, 0.3) is 10.9 Å². The highest BCUT2D eigenvalue weighted by Gasteiger charge is 2.42. The van der Waals surface area contributed by atoms with E-state index in [-0.39, 0.29) is 5.91 Å². The van der Waals surface area contributed by atoms with Crippen LogP contribution in [0.5, 0.6) is 0 Å². The molecule has 0 aliphatic carbocycles. The zero-order valence-corrected chi connectivity index (χ0v) is 15.6. The van der Waals surface area contributed by atoms with Crippen LogP contribution < -0.4 is 5.48 Å². The summed E-state index contributed by atoms with van der Waals surface area (Å²) in [5, 5.41) is 5.35. The summed E-state index contributed by atoms with van der Waals surface area (Å²) in [5.41, 5.74) is 4.83. The van der Waals surface area contributed by atoms with Gasteiger partial charge in [0.05, 0.1) is 5.52 Å². The third-order valence-corrected chi connectivity index (χ3v) is 5.49. The Kier molecular flexibility index (Phi) is 3.91. The van der Waals surface area contributed by atoms with Crippen molar-refractivity contribution < 1.29 is 9.63 Å². The van der Waals surface area contributed by atoms with Crippen LogP contribution in [-0.4, -0.2) is 45.2 Å². The molecule has 3 heterocycles. The number of carbonyl (C=O) groups excluding carboxylic acids is 1. The molecule has 28 heavy (non-hydrogen) atoms. The number of aryl methyl sites for hydroxylation is 1. The second kappa shape index (κ2) is 6.45. The SMILES string of the molecule is Cn1nc(C(=O)N2CCC3(CC2)N=C(c2ccccc2)NO3)c2ccccc21. The van der Waals surface area contributed by atoms with Crippen LogP contribution in [0, 0.1) is 0 Å². The van der Waals surface area contributed by atoms with Crippen molar-refractivity contribution >= 4 is 22.6 Å². The van der Waals surface area contributed by atoms with Gasteiger partial charge in [0, 0.05) is 43.9 Å². The molecule has 142 valence electrons. The Hall–Kier alpha value is -3.19. The molecule has 7 nitrogen and oxygen atoms in total. The molecule has 0 bridgehead atoms. The first-order valence-corrected chi connectivity index (χ1v) is 9.46. The Bertz CT molecular complexity index is 1060. The number of likely N-dealkylation sites (tertiary alicyclic amines) is 1. The van der Waals surface area contributed by atoms with Crippen molar-refractivity contribution in [3.8, 4) is 0 Å². The lowest BCUT2D eigenvalue weighted by atomic mass is 10.0. The standard InChI is InChI=1S/C21H21N5O2/c1-25-17-10-6-5-9-16(17)18(23-25)20(27)26-13-11-21(12-14-26)22-19(24-28-21)15-7-3-2-4-8-15/h2-10H,11-14H2,1H3,(H,22,24). The molecule has 1 aromatic heterocycles.